The first-order valence-corrected chi connectivity index (χ1v) is 18.3. The molecule has 0 saturated carbocycles. The summed E-state index contributed by atoms with van der Waals surface area (Å²) in [6.07, 6.45) is 13.4. The molecule has 0 radical (unpaired) electrons. The molecule has 1 nitrogen and oxygen atoms in total. The fourth-order valence-electron chi connectivity index (χ4n) is 1.84. The normalized spacial score (nSPS) is 12.0. The number of hydrogen-bond donors (Lipinski definition) is 0. The van der Waals surface area contributed by atoms with Gasteiger partial charge in [0.2, 0.25) is 0 Å². The maximum atomic E-state index is 5.91. The average Bonchev–Trinajstić information content (AvgIpc) is 2.24. The van der Waals surface area contributed by atoms with Crippen LogP contribution in [0.3, 0.4) is 0 Å². The summed E-state index contributed by atoms with van der Waals surface area (Å²) in [5, 5.41) is 0. The van der Waals surface area contributed by atoms with Crippen molar-refractivity contribution in [2.45, 2.75) is 76.1 Å². The first-order valence-electron chi connectivity index (χ1n) is 7.08. The third-order valence-electron chi connectivity index (χ3n) is 2.85. The number of hydrogen-bond acceptors (Lipinski definition) is 1. The molecule has 4 heteroatoms. The quantitative estimate of drug-likeness (QED) is 0.295. The van der Waals surface area contributed by atoms with E-state index in [9.17, 15) is 0 Å². The fourth-order valence-corrected chi connectivity index (χ4v) is 4.31. The van der Waals surface area contributed by atoms with Crippen LogP contribution in [0.25, 0.3) is 0 Å². The van der Waals surface area contributed by atoms with Gasteiger partial charge in [-0.25, -0.2) is 0 Å². The van der Waals surface area contributed by atoms with E-state index in [2.05, 4.69) is 6.92 Å². The molecule has 0 N–H and O–H groups in total. The van der Waals surface area contributed by atoms with Crippen LogP contribution in [0.15, 0.2) is 0 Å². The maximum absolute atomic E-state index is 5.91. The summed E-state index contributed by atoms with van der Waals surface area (Å²) in [4.78, 5) is 1.87. The number of rotatable bonds is 12. The van der Waals surface area contributed by atoms with Crippen LogP contribution < -0.4 is 0 Å². The van der Waals surface area contributed by atoms with Crippen LogP contribution in [-0.2, 0) is 3.07 Å². The first kappa shape index (κ1) is 18.3. The molecule has 0 aliphatic carbocycles. The Morgan fingerprint density at radius 1 is 0.765 bits per heavy atom. The molecule has 0 aliphatic heterocycles. The molecule has 0 rings (SSSR count). The monoisotopic (exact) mass is 390 g/mol. The molecule has 0 fully saturated rings. The summed E-state index contributed by atoms with van der Waals surface area (Å²) in [6.45, 7) is 3.02. The summed E-state index contributed by atoms with van der Waals surface area (Å²) in [5.41, 5.74) is 0. The van der Waals surface area contributed by atoms with Gasteiger partial charge in [-0.15, -0.1) is 0 Å². The fraction of sp³-hybridized carbons (Fsp3) is 1.00. The van der Waals surface area contributed by atoms with Crippen molar-refractivity contribution in [3.8, 4) is 0 Å². The standard InChI is InChI=1S/C12H25O.CH3.2ClH.Sn/c1-2-3-4-5-6-7-8-9-10-11-12-13;;;;/h2-12H2,1H3;1H3;2*1H;/q-1;;;;+3/p-2. The molecule has 0 aromatic rings. The second kappa shape index (κ2) is 12.4. The Bertz CT molecular complexity index is 160. The van der Waals surface area contributed by atoms with Crippen molar-refractivity contribution in [3.63, 3.8) is 0 Å². The molecule has 104 valence electrons. The zero-order valence-corrected chi connectivity index (χ0v) is 15.8. The van der Waals surface area contributed by atoms with Crippen molar-refractivity contribution in [3.05, 3.63) is 0 Å². The Morgan fingerprint density at radius 3 is 1.59 bits per heavy atom. The zero-order valence-electron chi connectivity index (χ0n) is 11.4. The topological polar surface area (TPSA) is 9.23 Å². The number of unbranched alkanes of at least 4 members (excludes halogenated alkanes) is 9. The van der Waals surface area contributed by atoms with Crippen LogP contribution in [0.4, 0.5) is 0 Å². The molecule has 0 heterocycles. The summed E-state index contributed by atoms with van der Waals surface area (Å²) >= 11 is -2.97. The van der Waals surface area contributed by atoms with Gasteiger partial charge >= 0.3 is 113 Å². The molecule has 0 spiro atoms. The van der Waals surface area contributed by atoms with Crippen molar-refractivity contribution >= 4 is 34.4 Å². The van der Waals surface area contributed by atoms with E-state index in [1.165, 1.54) is 57.8 Å². The van der Waals surface area contributed by atoms with E-state index in [1.54, 1.807) is 0 Å². The van der Waals surface area contributed by atoms with Gasteiger partial charge in [0.15, 0.2) is 0 Å². The van der Waals surface area contributed by atoms with Crippen molar-refractivity contribution < 1.29 is 3.07 Å². The van der Waals surface area contributed by atoms with Gasteiger partial charge in [0, 0.05) is 0 Å². The van der Waals surface area contributed by atoms with E-state index in [-0.39, 0.29) is 0 Å². The molecule has 0 unspecified atom stereocenters. The van der Waals surface area contributed by atoms with Crippen molar-refractivity contribution in [1.82, 2.24) is 0 Å². The first-order chi connectivity index (χ1) is 8.06. The predicted molar refractivity (Wildman–Crippen MR) is 81.1 cm³/mol. The summed E-state index contributed by atoms with van der Waals surface area (Å²) in [6, 6.07) is 0. The van der Waals surface area contributed by atoms with E-state index < -0.39 is 16.5 Å². The minimum absolute atomic E-state index is 0.760. The molecular weight excluding hydrogens is 362 g/mol. The zero-order chi connectivity index (χ0) is 13.0. The van der Waals surface area contributed by atoms with E-state index in [0.29, 0.717) is 0 Å². The van der Waals surface area contributed by atoms with Crippen LogP contribution in [0.5, 0.6) is 0 Å². The molecule has 0 bridgehead atoms. The van der Waals surface area contributed by atoms with Crippen molar-refractivity contribution in [2.75, 3.05) is 6.61 Å². The van der Waals surface area contributed by atoms with Crippen molar-refractivity contribution in [1.29, 1.82) is 0 Å². The summed E-state index contributed by atoms with van der Waals surface area (Å²) < 4.78 is 5.44. The van der Waals surface area contributed by atoms with Crippen LogP contribution >= 0.6 is 17.8 Å². The third-order valence-corrected chi connectivity index (χ3v) is 6.35. The Kier molecular flexibility index (Phi) is 13.4. The van der Waals surface area contributed by atoms with Gasteiger partial charge in [0.05, 0.1) is 0 Å². The second-order valence-corrected chi connectivity index (χ2v) is 21.2. The van der Waals surface area contributed by atoms with E-state index in [0.717, 1.165) is 13.0 Å². The van der Waals surface area contributed by atoms with Crippen LogP contribution in [-0.4, -0.2) is 23.1 Å². The van der Waals surface area contributed by atoms with Crippen LogP contribution in [0.2, 0.25) is 4.94 Å². The van der Waals surface area contributed by atoms with E-state index in [4.69, 9.17) is 20.9 Å². The average molecular weight is 390 g/mol. The summed E-state index contributed by atoms with van der Waals surface area (Å²) in [7, 11) is 11.8. The Hall–Kier alpha value is 1.34. The molecular formula is C13H28Cl2OSn. The van der Waals surface area contributed by atoms with Crippen molar-refractivity contribution in [2.24, 2.45) is 0 Å². The van der Waals surface area contributed by atoms with Crippen LogP contribution in [0.1, 0.15) is 71.1 Å². The third kappa shape index (κ3) is 17.3. The molecule has 0 amide bonds. The summed E-state index contributed by atoms with van der Waals surface area (Å²) in [5.74, 6) is 0. The molecule has 0 atom stereocenters. The van der Waals surface area contributed by atoms with Gasteiger partial charge in [-0.2, -0.15) is 0 Å². The van der Waals surface area contributed by atoms with Gasteiger partial charge in [0.25, 0.3) is 0 Å². The van der Waals surface area contributed by atoms with Gasteiger partial charge < -0.3 is 0 Å². The Morgan fingerprint density at radius 2 is 1.18 bits per heavy atom. The van der Waals surface area contributed by atoms with Gasteiger partial charge in [-0.1, -0.05) is 6.92 Å². The Balaban J connectivity index is 2.99. The van der Waals surface area contributed by atoms with Crippen LogP contribution in [0, 0.1) is 0 Å². The Labute approximate surface area is 119 Å². The molecule has 0 saturated heterocycles. The predicted octanol–water partition coefficient (Wildman–Crippen LogP) is 5.97. The minimum atomic E-state index is -2.97. The SMILES string of the molecule is CCCCCCCCCCCC[O][Sn]([CH3])([Cl])[Cl]. The molecule has 0 aromatic carbocycles. The second-order valence-electron chi connectivity index (χ2n) is 4.84. The van der Waals surface area contributed by atoms with Gasteiger partial charge in [0.1, 0.15) is 0 Å². The van der Waals surface area contributed by atoms with Gasteiger partial charge in [-0.3, -0.25) is 0 Å². The van der Waals surface area contributed by atoms with E-state index >= 15 is 0 Å². The van der Waals surface area contributed by atoms with E-state index in [1.807, 2.05) is 4.94 Å². The molecule has 0 aromatic heterocycles. The molecule has 17 heavy (non-hydrogen) atoms. The van der Waals surface area contributed by atoms with Gasteiger partial charge in [-0.05, 0) is 0 Å². The molecule has 0 aliphatic rings. The number of halogens is 2.